The Hall–Kier alpha value is -3.48. The van der Waals surface area contributed by atoms with Gasteiger partial charge in [0, 0.05) is 11.3 Å². The fraction of sp³-hybridized carbons (Fsp3) is 0.158. The van der Waals surface area contributed by atoms with Crippen LogP contribution in [0.5, 0.6) is 11.5 Å². The summed E-state index contributed by atoms with van der Waals surface area (Å²) in [5.74, 6) is -1.02. The Morgan fingerprint density at radius 1 is 1.23 bits per heavy atom. The molecule has 0 aliphatic carbocycles. The summed E-state index contributed by atoms with van der Waals surface area (Å²) in [6.45, 7) is 0. The lowest BCUT2D eigenvalue weighted by Crippen LogP contribution is -2.18. The number of carbonyl (C=O) groups is 2. The SMILES string of the molecule is COc1ccc2c(c1OC)C(=O)O[C@@H]2Nc1cccc(/C=C/C(=O)[O-])c1. The maximum absolute atomic E-state index is 12.3. The van der Waals surface area contributed by atoms with Crippen molar-refractivity contribution in [3.8, 4) is 11.5 Å². The molecule has 0 radical (unpaired) electrons. The molecule has 1 aliphatic heterocycles. The Balaban J connectivity index is 1.89. The zero-order valence-electron chi connectivity index (χ0n) is 14.1. The number of carboxylic acid groups (broad SMARTS) is 1. The molecule has 2 aromatic rings. The molecule has 0 saturated carbocycles. The summed E-state index contributed by atoms with van der Waals surface area (Å²) in [6.07, 6.45) is 1.67. The summed E-state index contributed by atoms with van der Waals surface area (Å²) in [5, 5.41) is 13.6. The van der Waals surface area contributed by atoms with Gasteiger partial charge in [0.05, 0.1) is 20.2 Å². The number of anilines is 1. The van der Waals surface area contributed by atoms with E-state index in [2.05, 4.69) is 5.32 Å². The van der Waals surface area contributed by atoms with Crippen molar-refractivity contribution in [2.75, 3.05) is 19.5 Å². The van der Waals surface area contributed by atoms with Crippen LogP contribution in [0, 0.1) is 0 Å². The number of hydrogen-bond acceptors (Lipinski definition) is 7. The molecule has 0 bridgehead atoms. The van der Waals surface area contributed by atoms with Gasteiger partial charge in [0.15, 0.2) is 11.5 Å². The van der Waals surface area contributed by atoms with Crippen molar-refractivity contribution in [2.45, 2.75) is 6.23 Å². The second kappa shape index (κ2) is 7.18. The third kappa shape index (κ3) is 3.32. The van der Waals surface area contributed by atoms with E-state index in [1.807, 2.05) is 0 Å². The van der Waals surface area contributed by atoms with Crippen LogP contribution in [0.2, 0.25) is 0 Å². The van der Waals surface area contributed by atoms with Crippen LogP contribution in [0.3, 0.4) is 0 Å². The molecule has 2 aromatic carbocycles. The summed E-state index contributed by atoms with van der Waals surface area (Å²) < 4.78 is 15.9. The second-order valence-corrected chi connectivity index (χ2v) is 5.47. The van der Waals surface area contributed by atoms with Gasteiger partial charge in [-0.1, -0.05) is 18.2 Å². The van der Waals surface area contributed by atoms with Gasteiger partial charge in [-0.15, -0.1) is 0 Å². The number of carbonyl (C=O) groups excluding carboxylic acids is 2. The molecule has 0 unspecified atom stereocenters. The Morgan fingerprint density at radius 3 is 2.73 bits per heavy atom. The van der Waals surface area contributed by atoms with Gasteiger partial charge in [0.25, 0.3) is 0 Å². The highest BCUT2D eigenvalue weighted by Gasteiger charge is 2.35. The molecular formula is C19H16NO6-. The highest BCUT2D eigenvalue weighted by Crippen LogP contribution is 2.42. The fourth-order valence-electron chi connectivity index (χ4n) is 2.76. The van der Waals surface area contributed by atoms with Gasteiger partial charge in [0.2, 0.25) is 6.23 Å². The number of fused-ring (bicyclic) bond motifs is 1. The number of carboxylic acids is 1. The van der Waals surface area contributed by atoms with E-state index in [1.54, 1.807) is 36.4 Å². The fourth-order valence-corrected chi connectivity index (χ4v) is 2.76. The predicted molar refractivity (Wildman–Crippen MR) is 91.8 cm³/mol. The number of methoxy groups -OCH3 is 2. The summed E-state index contributed by atoms with van der Waals surface area (Å²) >= 11 is 0. The highest BCUT2D eigenvalue weighted by molar-refractivity contribution is 5.98. The molecule has 0 aromatic heterocycles. The van der Waals surface area contributed by atoms with E-state index in [1.165, 1.54) is 20.3 Å². The van der Waals surface area contributed by atoms with E-state index in [0.29, 0.717) is 33.9 Å². The molecule has 26 heavy (non-hydrogen) atoms. The van der Waals surface area contributed by atoms with Crippen LogP contribution < -0.4 is 19.9 Å². The van der Waals surface area contributed by atoms with E-state index in [-0.39, 0.29) is 0 Å². The minimum Gasteiger partial charge on any atom is -0.545 e. The van der Waals surface area contributed by atoms with Crippen molar-refractivity contribution in [1.82, 2.24) is 0 Å². The van der Waals surface area contributed by atoms with E-state index in [9.17, 15) is 14.7 Å². The van der Waals surface area contributed by atoms with E-state index in [0.717, 1.165) is 6.08 Å². The highest BCUT2D eigenvalue weighted by atomic mass is 16.6. The van der Waals surface area contributed by atoms with Gasteiger partial charge in [-0.2, -0.15) is 0 Å². The molecule has 0 fully saturated rings. The molecule has 0 amide bonds. The number of cyclic esters (lactones) is 1. The molecule has 3 rings (SSSR count). The Labute approximate surface area is 149 Å². The van der Waals surface area contributed by atoms with Crippen molar-refractivity contribution in [1.29, 1.82) is 0 Å². The van der Waals surface area contributed by atoms with Crippen LogP contribution in [0.4, 0.5) is 5.69 Å². The maximum atomic E-state index is 12.3. The average molecular weight is 354 g/mol. The number of benzene rings is 2. The number of ether oxygens (including phenoxy) is 3. The number of esters is 1. The van der Waals surface area contributed by atoms with Crippen molar-refractivity contribution >= 4 is 23.7 Å². The molecule has 7 heteroatoms. The van der Waals surface area contributed by atoms with Crippen LogP contribution >= 0.6 is 0 Å². The monoisotopic (exact) mass is 354 g/mol. The first-order chi connectivity index (χ1) is 12.5. The first-order valence-electron chi connectivity index (χ1n) is 7.75. The lowest BCUT2D eigenvalue weighted by molar-refractivity contribution is -0.297. The van der Waals surface area contributed by atoms with Gasteiger partial charge in [0.1, 0.15) is 5.56 Å². The standard InChI is InChI=1S/C19H17NO6/c1-24-14-8-7-13-16(17(14)25-2)19(23)26-18(13)20-12-5-3-4-11(10-12)6-9-15(21)22/h3-10,18,20H,1-2H3,(H,21,22)/p-1/b9-6+/t18-/m0/s1. The topological polar surface area (TPSA) is 96.9 Å². The zero-order chi connectivity index (χ0) is 18.7. The van der Waals surface area contributed by atoms with E-state index in [4.69, 9.17) is 14.2 Å². The minimum absolute atomic E-state index is 0.317. The minimum atomic E-state index is -1.27. The molecule has 1 N–H and O–H groups in total. The quantitative estimate of drug-likeness (QED) is 0.623. The Morgan fingerprint density at radius 2 is 2.04 bits per heavy atom. The first kappa shape index (κ1) is 17.3. The maximum Gasteiger partial charge on any atom is 0.344 e. The van der Waals surface area contributed by atoms with Crippen molar-refractivity contribution in [2.24, 2.45) is 0 Å². The van der Waals surface area contributed by atoms with Crippen LogP contribution in [0.25, 0.3) is 6.08 Å². The average Bonchev–Trinajstić information content (AvgIpc) is 2.95. The summed E-state index contributed by atoms with van der Waals surface area (Å²) in [7, 11) is 2.95. The number of rotatable bonds is 6. The molecular weight excluding hydrogens is 338 g/mol. The van der Waals surface area contributed by atoms with Crippen molar-refractivity contribution in [3.05, 3.63) is 59.2 Å². The summed E-state index contributed by atoms with van der Waals surface area (Å²) in [4.78, 5) is 22.8. The smallest absolute Gasteiger partial charge is 0.344 e. The molecule has 134 valence electrons. The Bertz CT molecular complexity index is 890. The van der Waals surface area contributed by atoms with Crippen LogP contribution in [-0.2, 0) is 9.53 Å². The van der Waals surface area contributed by atoms with Gasteiger partial charge in [-0.05, 0) is 35.9 Å². The first-order valence-corrected chi connectivity index (χ1v) is 7.75. The largest absolute Gasteiger partial charge is 0.545 e. The predicted octanol–water partition coefficient (Wildman–Crippen LogP) is 1.75. The molecule has 1 heterocycles. The molecule has 0 saturated heterocycles. The van der Waals surface area contributed by atoms with Crippen LogP contribution in [-0.4, -0.2) is 26.2 Å². The van der Waals surface area contributed by atoms with E-state index < -0.39 is 18.2 Å². The number of hydrogen-bond donors (Lipinski definition) is 1. The lowest BCUT2D eigenvalue weighted by atomic mass is 10.1. The normalized spacial score (nSPS) is 15.5. The zero-order valence-corrected chi connectivity index (χ0v) is 14.1. The molecule has 1 atom stereocenters. The van der Waals surface area contributed by atoms with E-state index >= 15 is 0 Å². The molecule has 0 spiro atoms. The van der Waals surface area contributed by atoms with Gasteiger partial charge < -0.3 is 29.4 Å². The number of nitrogens with one attached hydrogen (secondary N) is 1. The molecule has 1 aliphatic rings. The van der Waals surface area contributed by atoms with Crippen molar-refractivity contribution < 1.29 is 28.9 Å². The second-order valence-electron chi connectivity index (χ2n) is 5.47. The van der Waals surface area contributed by atoms with Crippen LogP contribution in [0.15, 0.2) is 42.5 Å². The van der Waals surface area contributed by atoms with Gasteiger partial charge >= 0.3 is 5.97 Å². The van der Waals surface area contributed by atoms with Gasteiger partial charge in [-0.25, -0.2) is 4.79 Å². The third-order valence-corrected chi connectivity index (χ3v) is 3.89. The van der Waals surface area contributed by atoms with Gasteiger partial charge in [-0.3, -0.25) is 0 Å². The van der Waals surface area contributed by atoms with Crippen molar-refractivity contribution in [3.63, 3.8) is 0 Å². The summed E-state index contributed by atoms with van der Waals surface area (Å²) in [6, 6.07) is 10.4. The van der Waals surface area contributed by atoms with Crippen LogP contribution in [0.1, 0.15) is 27.7 Å². The Kier molecular flexibility index (Phi) is 4.79. The lowest BCUT2D eigenvalue weighted by Gasteiger charge is -2.15. The number of aliphatic carboxylic acids is 1. The third-order valence-electron chi connectivity index (χ3n) is 3.89. The molecule has 7 nitrogen and oxygen atoms in total. The summed E-state index contributed by atoms with van der Waals surface area (Å²) in [5.41, 5.74) is 2.27.